The molecule has 0 bridgehead atoms. The maximum Gasteiger partial charge on any atom is 0.231 e. The van der Waals surface area contributed by atoms with Gasteiger partial charge in [0.25, 0.3) is 0 Å². The Bertz CT molecular complexity index is 732. The second-order valence-corrected chi connectivity index (χ2v) is 5.72. The molecule has 24 heavy (non-hydrogen) atoms. The molecule has 0 N–H and O–H groups in total. The minimum atomic E-state index is 0.271. The van der Waals surface area contributed by atoms with Crippen molar-refractivity contribution in [1.82, 2.24) is 9.97 Å². The molecule has 0 radical (unpaired) electrons. The molecule has 1 saturated heterocycles. The van der Waals surface area contributed by atoms with Crippen LogP contribution >= 0.6 is 0 Å². The molecule has 0 saturated carbocycles. The van der Waals surface area contributed by atoms with Gasteiger partial charge in [0.15, 0.2) is 11.5 Å². The van der Waals surface area contributed by atoms with E-state index in [4.69, 9.17) is 18.9 Å². The van der Waals surface area contributed by atoms with Gasteiger partial charge in [-0.25, -0.2) is 4.98 Å². The number of hydrogen-bond donors (Lipinski definition) is 0. The van der Waals surface area contributed by atoms with Gasteiger partial charge in [0.1, 0.15) is 6.61 Å². The number of nitrogens with zero attached hydrogens (tertiary/aromatic N) is 3. The van der Waals surface area contributed by atoms with Crippen LogP contribution in [-0.4, -0.2) is 43.1 Å². The summed E-state index contributed by atoms with van der Waals surface area (Å²) in [4.78, 5) is 11.1. The molecule has 4 rings (SSSR count). The van der Waals surface area contributed by atoms with Crippen molar-refractivity contribution in [3.63, 3.8) is 0 Å². The molecule has 7 heteroatoms. The number of rotatable bonds is 4. The van der Waals surface area contributed by atoms with Crippen LogP contribution in [0, 0.1) is 6.92 Å². The standard InChI is InChI=1S/C17H19N3O4/c1-12-8-16(19-17(18-12)20-4-6-21-7-5-20)22-10-13-2-3-14-15(9-13)24-11-23-14/h2-3,8-9H,4-7,10-11H2,1H3. The van der Waals surface area contributed by atoms with Crippen molar-refractivity contribution in [3.05, 3.63) is 35.5 Å². The molecule has 3 heterocycles. The molecule has 0 atom stereocenters. The second-order valence-electron chi connectivity index (χ2n) is 5.72. The summed E-state index contributed by atoms with van der Waals surface area (Å²) in [5.41, 5.74) is 1.88. The van der Waals surface area contributed by atoms with E-state index in [0.717, 1.165) is 35.8 Å². The topological polar surface area (TPSA) is 65.9 Å². The van der Waals surface area contributed by atoms with Crippen molar-refractivity contribution in [1.29, 1.82) is 0 Å². The first-order chi connectivity index (χ1) is 11.8. The van der Waals surface area contributed by atoms with Crippen molar-refractivity contribution in [2.75, 3.05) is 38.0 Å². The maximum atomic E-state index is 5.86. The molecule has 1 aromatic heterocycles. The summed E-state index contributed by atoms with van der Waals surface area (Å²) < 4.78 is 21.9. The highest BCUT2D eigenvalue weighted by molar-refractivity contribution is 5.44. The summed E-state index contributed by atoms with van der Waals surface area (Å²) in [5, 5.41) is 0. The number of fused-ring (bicyclic) bond motifs is 1. The fourth-order valence-electron chi connectivity index (χ4n) is 2.69. The summed E-state index contributed by atoms with van der Waals surface area (Å²) >= 11 is 0. The van der Waals surface area contributed by atoms with E-state index in [9.17, 15) is 0 Å². The molecule has 0 spiro atoms. The van der Waals surface area contributed by atoms with E-state index in [1.807, 2.05) is 31.2 Å². The van der Waals surface area contributed by atoms with Gasteiger partial charge >= 0.3 is 0 Å². The Morgan fingerprint density at radius 1 is 1.08 bits per heavy atom. The Hall–Kier alpha value is -2.54. The summed E-state index contributed by atoms with van der Waals surface area (Å²) in [6.07, 6.45) is 0. The van der Waals surface area contributed by atoms with Gasteiger partial charge in [0.2, 0.25) is 18.6 Å². The Balaban J connectivity index is 1.47. The lowest BCUT2D eigenvalue weighted by Crippen LogP contribution is -2.37. The van der Waals surface area contributed by atoms with Crippen molar-refractivity contribution in [2.24, 2.45) is 0 Å². The van der Waals surface area contributed by atoms with E-state index in [-0.39, 0.29) is 6.79 Å². The van der Waals surface area contributed by atoms with Gasteiger partial charge < -0.3 is 23.8 Å². The second kappa shape index (κ2) is 6.52. The van der Waals surface area contributed by atoms with Gasteiger partial charge in [-0.3, -0.25) is 0 Å². The molecule has 0 unspecified atom stereocenters. The highest BCUT2D eigenvalue weighted by Crippen LogP contribution is 2.32. The smallest absolute Gasteiger partial charge is 0.231 e. The zero-order valence-corrected chi connectivity index (χ0v) is 13.5. The van der Waals surface area contributed by atoms with Crippen LogP contribution in [-0.2, 0) is 11.3 Å². The largest absolute Gasteiger partial charge is 0.473 e. The predicted molar refractivity (Wildman–Crippen MR) is 86.7 cm³/mol. The van der Waals surface area contributed by atoms with Gasteiger partial charge in [0.05, 0.1) is 13.2 Å². The summed E-state index contributed by atoms with van der Waals surface area (Å²) in [6, 6.07) is 7.63. The third-order valence-corrected chi connectivity index (χ3v) is 3.94. The van der Waals surface area contributed by atoms with Gasteiger partial charge in [-0.1, -0.05) is 6.07 Å². The maximum absolute atomic E-state index is 5.86. The molecule has 2 aliphatic heterocycles. The highest BCUT2D eigenvalue weighted by atomic mass is 16.7. The van der Waals surface area contributed by atoms with Gasteiger partial charge in [-0.15, -0.1) is 0 Å². The molecule has 2 aliphatic rings. The van der Waals surface area contributed by atoms with E-state index >= 15 is 0 Å². The van der Waals surface area contributed by atoms with Crippen LogP contribution in [0.5, 0.6) is 17.4 Å². The van der Waals surface area contributed by atoms with E-state index in [1.54, 1.807) is 0 Å². The number of ether oxygens (including phenoxy) is 4. The van der Waals surface area contributed by atoms with Crippen molar-refractivity contribution in [2.45, 2.75) is 13.5 Å². The molecule has 7 nitrogen and oxygen atoms in total. The molecule has 126 valence electrons. The van der Waals surface area contributed by atoms with Crippen LogP contribution in [0.2, 0.25) is 0 Å². The van der Waals surface area contributed by atoms with E-state index in [2.05, 4.69) is 14.9 Å². The third-order valence-electron chi connectivity index (χ3n) is 3.94. The van der Waals surface area contributed by atoms with Crippen LogP contribution in [0.3, 0.4) is 0 Å². The fourth-order valence-corrected chi connectivity index (χ4v) is 2.69. The first-order valence-corrected chi connectivity index (χ1v) is 7.98. The zero-order chi connectivity index (χ0) is 16.4. The Morgan fingerprint density at radius 3 is 2.79 bits per heavy atom. The minimum Gasteiger partial charge on any atom is -0.473 e. The van der Waals surface area contributed by atoms with Crippen molar-refractivity contribution in [3.8, 4) is 17.4 Å². The molecule has 1 fully saturated rings. The average Bonchev–Trinajstić information content (AvgIpc) is 3.08. The van der Waals surface area contributed by atoms with Crippen LogP contribution in [0.4, 0.5) is 5.95 Å². The summed E-state index contributed by atoms with van der Waals surface area (Å²) in [5.74, 6) is 2.79. The third kappa shape index (κ3) is 3.21. The lowest BCUT2D eigenvalue weighted by molar-refractivity contribution is 0.122. The zero-order valence-electron chi connectivity index (χ0n) is 13.5. The highest BCUT2D eigenvalue weighted by Gasteiger charge is 2.16. The SMILES string of the molecule is Cc1cc(OCc2ccc3c(c2)OCO3)nc(N2CCOCC2)n1. The van der Waals surface area contributed by atoms with Crippen molar-refractivity contribution >= 4 is 5.95 Å². The minimum absolute atomic E-state index is 0.271. The van der Waals surface area contributed by atoms with Gasteiger partial charge in [0, 0.05) is 24.8 Å². The molecule has 1 aromatic carbocycles. The lowest BCUT2D eigenvalue weighted by atomic mass is 10.2. The molecular formula is C17H19N3O4. The normalized spacial score (nSPS) is 16.3. The monoisotopic (exact) mass is 329 g/mol. The Morgan fingerprint density at radius 2 is 1.92 bits per heavy atom. The first kappa shape index (κ1) is 15.0. The Kier molecular flexibility index (Phi) is 4.08. The van der Waals surface area contributed by atoms with E-state index in [0.29, 0.717) is 31.6 Å². The van der Waals surface area contributed by atoms with Crippen LogP contribution in [0.15, 0.2) is 24.3 Å². The van der Waals surface area contributed by atoms with Gasteiger partial charge in [-0.05, 0) is 24.6 Å². The number of hydrogen-bond acceptors (Lipinski definition) is 7. The van der Waals surface area contributed by atoms with E-state index < -0.39 is 0 Å². The molecular weight excluding hydrogens is 310 g/mol. The first-order valence-electron chi connectivity index (χ1n) is 7.98. The quantitative estimate of drug-likeness (QED) is 0.849. The molecule has 2 aromatic rings. The number of aromatic nitrogens is 2. The van der Waals surface area contributed by atoms with Gasteiger partial charge in [-0.2, -0.15) is 4.98 Å². The number of anilines is 1. The molecule has 0 aliphatic carbocycles. The van der Waals surface area contributed by atoms with Crippen LogP contribution in [0.1, 0.15) is 11.3 Å². The van der Waals surface area contributed by atoms with Crippen LogP contribution in [0.25, 0.3) is 0 Å². The van der Waals surface area contributed by atoms with E-state index in [1.165, 1.54) is 0 Å². The molecule has 0 amide bonds. The average molecular weight is 329 g/mol. The fraction of sp³-hybridized carbons (Fsp3) is 0.412. The van der Waals surface area contributed by atoms with Crippen LogP contribution < -0.4 is 19.1 Å². The number of morpholine rings is 1. The van der Waals surface area contributed by atoms with Crippen molar-refractivity contribution < 1.29 is 18.9 Å². The predicted octanol–water partition coefficient (Wildman–Crippen LogP) is 1.93. The number of aryl methyl sites for hydroxylation is 1. The summed E-state index contributed by atoms with van der Waals surface area (Å²) in [6.45, 7) is 5.62. The summed E-state index contributed by atoms with van der Waals surface area (Å²) in [7, 11) is 0. The Labute approximate surface area is 140 Å². The lowest BCUT2D eigenvalue weighted by Gasteiger charge is -2.27. The number of benzene rings is 1.